The summed E-state index contributed by atoms with van der Waals surface area (Å²) in [5.41, 5.74) is 2.50. The molecule has 0 radical (unpaired) electrons. The lowest BCUT2D eigenvalue weighted by molar-refractivity contribution is -0.253. The Bertz CT molecular complexity index is 1960. The zero-order valence-corrected chi connectivity index (χ0v) is 27.3. The first-order valence-electron chi connectivity index (χ1n) is 16.1. The number of halogens is 5. The van der Waals surface area contributed by atoms with Crippen LogP contribution in [0.1, 0.15) is 70.0 Å². The minimum absolute atomic E-state index is 0.0774. The summed E-state index contributed by atoms with van der Waals surface area (Å²) in [6.45, 7) is 2.42. The first-order chi connectivity index (χ1) is 24.0. The molecule has 1 fully saturated rings. The van der Waals surface area contributed by atoms with E-state index in [0.29, 0.717) is 24.1 Å². The highest BCUT2D eigenvalue weighted by molar-refractivity contribution is 5.94. The van der Waals surface area contributed by atoms with Gasteiger partial charge in [0.1, 0.15) is 5.56 Å². The van der Waals surface area contributed by atoms with Gasteiger partial charge in [0.2, 0.25) is 5.82 Å². The van der Waals surface area contributed by atoms with E-state index >= 15 is 0 Å². The number of benzene rings is 5. The number of fused-ring (bicyclic) bond motifs is 1. The number of aliphatic hydroxyl groups is 1. The van der Waals surface area contributed by atoms with Gasteiger partial charge in [-0.2, -0.15) is 0 Å². The maximum atomic E-state index is 14.1. The molecule has 1 saturated heterocycles. The number of nitrogens with one attached hydrogen (secondary N) is 1. The van der Waals surface area contributed by atoms with Gasteiger partial charge in [0.15, 0.2) is 29.6 Å². The Morgan fingerprint density at radius 2 is 1.40 bits per heavy atom. The van der Waals surface area contributed by atoms with E-state index in [2.05, 4.69) is 47.5 Å². The van der Waals surface area contributed by atoms with E-state index in [9.17, 15) is 31.9 Å². The first kappa shape index (κ1) is 35.2. The van der Waals surface area contributed by atoms with Gasteiger partial charge in [-0.05, 0) is 53.1 Å². The van der Waals surface area contributed by atoms with Crippen LogP contribution in [-0.2, 0) is 22.6 Å². The fraction of sp³-hybridized carbons (Fsp3) is 0.256. The minimum atomic E-state index is -2.34. The van der Waals surface area contributed by atoms with Crippen molar-refractivity contribution in [3.63, 3.8) is 0 Å². The largest absolute Gasteiger partial charge is 0.392 e. The normalized spacial score (nSPS) is 18.4. The third kappa shape index (κ3) is 7.41. The van der Waals surface area contributed by atoms with Crippen molar-refractivity contribution in [2.24, 2.45) is 0 Å². The summed E-state index contributed by atoms with van der Waals surface area (Å²) in [5.74, 6) is -12.6. The molecule has 4 atom stereocenters. The van der Waals surface area contributed by atoms with Crippen LogP contribution in [0.25, 0.3) is 10.8 Å². The lowest BCUT2D eigenvalue weighted by Gasteiger charge is -2.39. The Hall–Kier alpha value is -4.68. The number of rotatable bonds is 10. The standard InChI is InChI=1S/C39H35F5N2O4/c1-22(28-16-15-25-5-3-4-6-29(25)17-28)46(2)20-30-18-31(26-11-9-24(21-47)10-12-26)50-39(49-30)27-13-7-23(8-14-27)19-45-38(48)32-33(40)35(42)37(44)36(43)34(32)41/h3-17,22,30-31,39,47H,18-21H2,1-2H3,(H,45,48)/t22-,30+,31-,39-/m1/s1. The number of carbonyl (C=O) groups excluding carboxylic acids is 1. The summed E-state index contributed by atoms with van der Waals surface area (Å²) in [5, 5.41) is 14.1. The van der Waals surface area contributed by atoms with Crippen LogP contribution in [0.2, 0.25) is 0 Å². The summed E-state index contributed by atoms with van der Waals surface area (Å²) in [7, 11) is 2.05. The Balaban J connectivity index is 1.17. The number of ether oxygens (including phenoxy) is 2. The molecule has 0 aromatic heterocycles. The van der Waals surface area contributed by atoms with Gasteiger partial charge in [-0.3, -0.25) is 9.69 Å². The van der Waals surface area contributed by atoms with Crippen molar-refractivity contribution in [3.8, 4) is 0 Å². The Labute approximate surface area is 286 Å². The van der Waals surface area contributed by atoms with Crippen LogP contribution in [0.4, 0.5) is 22.0 Å². The summed E-state index contributed by atoms with van der Waals surface area (Å²) < 4.78 is 81.7. The lowest BCUT2D eigenvalue weighted by atomic mass is 9.98. The summed E-state index contributed by atoms with van der Waals surface area (Å²) in [4.78, 5) is 14.7. The summed E-state index contributed by atoms with van der Waals surface area (Å²) in [6, 6.07) is 29.0. The number of aliphatic hydroxyl groups excluding tert-OH is 1. The highest BCUT2D eigenvalue weighted by atomic mass is 19.2. The number of amides is 1. The smallest absolute Gasteiger partial charge is 0.257 e. The zero-order chi connectivity index (χ0) is 35.5. The van der Waals surface area contributed by atoms with Crippen molar-refractivity contribution < 1.29 is 41.3 Å². The molecule has 2 N–H and O–H groups in total. The molecule has 11 heteroatoms. The third-order valence-electron chi connectivity index (χ3n) is 9.17. The SMILES string of the molecule is C[C@H](c1ccc2ccccc2c1)N(C)C[C@@H]1C[C@H](c2ccc(CO)cc2)O[C@H](c2ccc(CNC(=O)c3c(F)c(F)c(F)c(F)c3F)cc2)O1. The van der Waals surface area contributed by atoms with Gasteiger partial charge in [0, 0.05) is 31.1 Å². The van der Waals surface area contributed by atoms with Crippen LogP contribution in [0.5, 0.6) is 0 Å². The van der Waals surface area contributed by atoms with Crippen molar-refractivity contribution in [2.45, 2.75) is 51.0 Å². The van der Waals surface area contributed by atoms with E-state index in [1.807, 2.05) is 43.4 Å². The monoisotopic (exact) mass is 690 g/mol. The van der Waals surface area contributed by atoms with Crippen LogP contribution < -0.4 is 5.32 Å². The van der Waals surface area contributed by atoms with Crippen molar-refractivity contribution in [1.82, 2.24) is 10.2 Å². The third-order valence-corrected chi connectivity index (χ3v) is 9.17. The maximum absolute atomic E-state index is 14.1. The van der Waals surface area contributed by atoms with E-state index in [1.54, 1.807) is 24.3 Å². The van der Waals surface area contributed by atoms with Crippen molar-refractivity contribution in [3.05, 3.63) is 153 Å². The molecule has 6 nitrogen and oxygen atoms in total. The molecular weight excluding hydrogens is 655 g/mol. The molecular formula is C39H35F5N2O4. The number of nitrogens with zero attached hydrogens (tertiary/aromatic N) is 1. The van der Waals surface area contributed by atoms with E-state index in [4.69, 9.17) is 9.47 Å². The van der Waals surface area contributed by atoms with Crippen LogP contribution in [-0.4, -0.2) is 35.6 Å². The molecule has 0 bridgehead atoms. The highest BCUT2D eigenvalue weighted by Gasteiger charge is 2.34. The van der Waals surface area contributed by atoms with Gasteiger partial charge < -0.3 is 19.9 Å². The van der Waals surface area contributed by atoms with Gasteiger partial charge >= 0.3 is 0 Å². The number of hydrogen-bond acceptors (Lipinski definition) is 5. The van der Waals surface area contributed by atoms with E-state index < -0.39 is 46.8 Å². The predicted molar refractivity (Wildman–Crippen MR) is 177 cm³/mol. The molecule has 260 valence electrons. The van der Waals surface area contributed by atoms with Gasteiger partial charge in [-0.15, -0.1) is 0 Å². The summed E-state index contributed by atoms with van der Waals surface area (Å²) >= 11 is 0. The van der Waals surface area contributed by atoms with E-state index in [0.717, 1.165) is 11.1 Å². The molecule has 0 aliphatic carbocycles. The molecule has 1 aliphatic rings. The second-order valence-corrected chi connectivity index (χ2v) is 12.4. The Morgan fingerprint density at radius 1 is 0.800 bits per heavy atom. The van der Waals surface area contributed by atoms with Crippen LogP contribution in [0.15, 0.2) is 91.0 Å². The molecule has 5 aromatic rings. The topological polar surface area (TPSA) is 71.0 Å². The Kier molecular flexibility index (Phi) is 10.6. The second-order valence-electron chi connectivity index (χ2n) is 12.4. The Morgan fingerprint density at radius 3 is 2.06 bits per heavy atom. The van der Waals surface area contributed by atoms with Gasteiger partial charge in [0.05, 0.1) is 18.8 Å². The number of carbonyl (C=O) groups is 1. The molecule has 0 spiro atoms. The molecule has 0 saturated carbocycles. The van der Waals surface area contributed by atoms with E-state index in [-0.39, 0.29) is 31.4 Å². The lowest BCUT2D eigenvalue weighted by Crippen LogP contribution is -2.38. The highest BCUT2D eigenvalue weighted by Crippen LogP contribution is 2.39. The van der Waals surface area contributed by atoms with Gasteiger partial charge in [0.25, 0.3) is 5.91 Å². The molecule has 5 aromatic carbocycles. The van der Waals surface area contributed by atoms with Gasteiger partial charge in [-0.1, -0.05) is 84.9 Å². The average molecular weight is 691 g/mol. The van der Waals surface area contributed by atoms with Crippen molar-refractivity contribution >= 4 is 16.7 Å². The fourth-order valence-electron chi connectivity index (χ4n) is 6.10. The number of likely N-dealkylation sites (N-methyl/N-ethyl adjacent to an activating group) is 1. The van der Waals surface area contributed by atoms with Crippen LogP contribution >= 0.6 is 0 Å². The fourth-order valence-corrected chi connectivity index (χ4v) is 6.10. The molecule has 6 rings (SSSR count). The summed E-state index contributed by atoms with van der Waals surface area (Å²) in [6.07, 6.45) is -0.746. The average Bonchev–Trinajstić information content (AvgIpc) is 3.15. The predicted octanol–water partition coefficient (Wildman–Crippen LogP) is 8.20. The maximum Gasteiger partial charge on any atom is 0.257 e. The minimum Gasteiger partial charge on any atom is -0.392 e. The van der Waals surface area contributed by atoms with Crippen LogP contribution in [0.3, 0.4) is 0 Å². The molecule has 50 heavy (non-hydrogen) atoms. The van der Waals surface area contributed by atoms with Crippen molar-refractivity contribution in [2.75, 3.05) is 13.6 Å². The first-order valence-corrected chi connectivity index (χ1v) is 16.1. The van der Waals surface area contributed by atoms with Crippen molar-refractivity contribution in [1.29, 1.82) is 0 Å². The molecule has 0 unspecified atom stereocenters. The molecule has 1 aliphatic heterocycles. The van der Waals surface area contributed by atoms with Gasteiger partial charge in [-0.25, -0.2) is 22.0 Å². The second kappa shape index (κ2) is 15.1. The zero-order valence-electron chi connectivity index (χ0n) is 27.3. The number of hydrogen-bond donors (Lipinski definition) is 2. The molecule has 1 heterocycles. The van der Waals surface area contributed by atoms with Crippen LogP contribution in [0, 0.1) is 29.1 Å². The van der Waals surface area contributed by atoms with E-state index in [1.165, 1.54) is 16.3 Å². The molecule has 1 amide bonds. The quantitative estimate of drug-likeness (QED) is 0.0879.